The molecular weight excluding hydrogens is 216 g/mol. The van der Waals surface area contributed by atoms with Gasteiger partial charge in [-0.3, -0.25) is 0 Å². The van der Waals surface area contributed by atoms with Gasteiger partial charge in [-0.1, -0.05) is 6.07 Å². The highest BCUT2D eigenvalue weighted by Gasteiger charge is 2.17. The predicted molar refractivity (Wildman–Crippen MR) is 53.1 cm³/mol. The van der Waals surface area contributed by atoms with E-state index in [9.17, 15) is 9.59 Å². The highest BCUT2D eigenvalue weighted by Crippen LogP contribution is 2.28. The minimum atomic E-state index is -1.24. The molecule has 0 amide bonds. The Bertz CT molecular complexity index is 412. The molecule has 1 rings (SSSR count). The quantitative estimate of drug-likeness (QED) is 0.773. The fourth-order valence-corrected chi connectivity index (χ4v) is 1.15. The zero-order chi connectivity index (χ0) is 12.1. The van der Waals surface area contributed by atoms with E-state index in [-0.39, 0.29) is 17.1 Å². The van der Waals surface area contributed by atoms with E-state index in [1.54, 1.807) is 0 Å². The lowest BCUT2D eigenvalue weighted by Crippen LogP contribution is -2.12. The van der Waals surface area contributed by atoms with E-state index >= 15 is 0 Å². The molecule has 0 unspecified atom stereocenters. The number of hydrogen-bond donors (Lipinski definition) is 2. The van der Waals surface area contributed by atoms with Crippen LogP contribution in [0.5, 0.6) is 11.5 Å². The van der Waals surface area contributed by atoms with Gasteiger partial charge in [0, 0.05) is 0 Å². The molecule has 0 spiro atoms. The molecule has 6 nitrogen and oxygen atoms in total. The van der Waals surface area contributed by atoms with Gasteiger partial charge in [0.2, 0.25) is 0 Å². The molecular formula is C10H10O6. The second-order valence-corrected chi connectivity index (χ2v) is 2.82. The van der Waals surface area contributed by atoms with Crippen molar-refractivity contribution in [2.45, 2.75) is 0 Å². The number of rotatable bonds is 5. The van der Waals surface area contributed by atoms with Crippen LogP contribution in [0, 0.1) is 0 Å². The lowest BCUT2D eigenvalue weighted by molar-refractivity contribution is -0.139. The predicted octanol–water partition coefficient (Wildman–Crippen LogP) is 0.857. The number of aromatic carboxylic acids is 1. The molecule has 2 N–H and O–H groups in total. The maximum Gasteiger partial charge on any atom is 0.343 e. The largest absolute Gasteiger partial charge is 0.496 e. The van der Waals surface area contributed by atoms with Gasteiger partial charge in [0.25, 0.3) is 0 Å². The van der Waals surface area contributed by atoms with Gasteiger partial charge in [-0.15, -0.1) is 0 Å². The number of methoxy groups -OCH3 is 1. The van der Waals surface area contributed by atoms with Crippen LogP contribution >= 0.6 is 0 Å². The minimum Gasteiger partial charge on any atom is -0.496 e. The van der Waals surface area contributed by atoms with Crippen molar-refractivity contribution in [2.24, 2.45) is 0 Å². The molecule has 0 saturated heterocycles. The summed E-state index contributed by atoms with van der Waals surface area (Å²) < 4.78 is 9.69. The van der Waals surface area contributed by atoms with Gasteiger partial charge in [0.05, 0.1) is 7.11 Å². The Kier molecular flexibility index (Phi) is 3.71. The Morgan fingerprint density at radius 3 is 2.38 bits per heavy atom. The molecule has 0 aliphatic heterocycles. The fraction of sp³-hybridized carbons (Fsp3) is 0.200. The molecule has 0 aliphatic rings. The normalized spacial score (nSPS) is 9.56. The molecule has 0 aromatic heterocycles. The minimum absolute atomic E-state index is 0.0331. The van der Waals surface area contributed by atoms with Crippen LogP contribution in [0.1, 0.15) is 10.4 Å². The summed E-state index contributed by atoms with van der Waals surface area (Å²) in [4.78, 5) is 21.2. The van der Waals surface area contributed by atoms with Crippen molar-refractivity contribution < 1.29 is 29.3 Å². The fourth-order valence-electron chi connectivity index (χ4n) is 1.15. The molecule has 0 bridgehead atoms. The number of benzene rings is 1. The highest BCUT2D eigenvalue weighted by atomic mass is 16.5. The first-order chi connectivity index (χ1) is 7.56. The lowest BCUT2D eigenvalue weighted by atomic mass is 10.2. The zero-order valence-electron chi connectivity index (χ0n) is 8.47. The number of carboxylic acid groups (broad SMARTS) is 2. The molecule has 0 atom stereocenters. The smallest absolute Gasteiger partial charge is 0.343 e. The van der Waals surface area contributed by atoms with Crippen molar-refractivity contribution >= 4 is 11.9 Å². The van der Waals surface area contributed by atoms with Crippen LogP contribution < -0.4 is 9.47 Å². The molecule has 0 saturated carbocycles. The molecule has 86 valence electrons. The summed E-state index contributed by atoms with van der Waals surface area (Å²) in [6.07, 6.45) is 0. The Morgan fingerprint density at radius 2 is 1.88 bits per heavy atom. The van der Waals surface area contributed by atoms with E-state index in [1.165, 1.54) is 25.3 Å². The van der Waals surface area contributed by atoms with E-state index < -0.39 is 18.5 Å². The topological polar surface area (TPSA) is 93.1 Å². The third-order valence-corrected chi connectivity index (χ3v) is 1.77. The Balaban J connectivity index is 3.07. The molecule has 0 heterocycles. The van der Waals surface area contributed by atoms with Crippen LogP contribution in [0.25, 0.3) is 0 Å². The van der Waals surface area contributed by atoms with Crippen molar-refractivity contribution in [2.75, 3.05) is 13.7 Å². The van der Waals surface area contributed by atoms with Crippen molar-refractivity contribution in [3.05, 3.63) is 23.8 Å². The highest BCUT2D eigenvalue weighted by molar-refractivity contribution is 5.94. The van der Waals surface area contributed by atoms with Gasteiger partial charge in [-0.05, 0) is 12.1 Å². The first-order valence-electron chi connectivity index (χ1n) is 4.31. The van der Waals surface area contributed by atoms with Crippen LogP contribution in [-0.2, 0) is 4.79 Å². The van der Waals surface area contributed by atoms with Gasteiger partial charge in [0.1, 0.15) is 17.1 Å². The van der Waals surface area contributed by atoms with Crippen LogP contribution in [0.4, 0.5) is 0 Å². The summed E-state index contributed by atoms with van der Waals surface area (Å²) >= 11 is 0. The molecule has 6 heteroatoms. The van der Waals surface area contributed by atoms with Gasteiger partial charge in [-0.25, -0.2) is 9.59 Å². The summed E-state index contributed by atoms with van der Waals surface area (Å²) in [5.74, 6) is -2.33. The average molecular weight is 226 g/mol. The van der Waals surface area contributed by atoms with Gasteiger partial charge in [-0.2, -0.15) is 0 Å². The Morgan fingerprint density at radius 1 is 1.25 bits per heavy atom. The van der Waals surface area contributed by atoms with Crippen molar-refractivity contribution in [3.8, 4) is 11.5 Å². The summed E-state index contributed by atoms with van der Waals surface area (Å²) in [5.41, 5.74) is -0.189. The number of hydrogen-bond acceptors (Lipinski definition) is 4. The molecule has 0 aliphatic carbocycles. The van der Waals surface area contributed by atoms with Crippen LogP contribution in [-0.4, -0.2) is 35.9 Å². The SMILES string of the molecule is COc1cccc(OCC(=O)O)c1C(=O)O. The third kappa shape index (κ3) is 2.63. The maximum atomic E-state index is 10.9. The number of ether oxygens (including phenoxy) is 2. The van der Waals surface area contributed by atoms with E-state index in [0.29, 0.717) is 0 Å². The van der Waals surface area contributed by atoms with Crippen molar-refractivity contribution in [3.63, 3.8) is 0 Å². The lowest BCUT2D eigenvalue weighted by Gasteiger charge is -2.10. The van der Waals surface area contributed by atoms with Crippen LogP contribution in [0.3, 0.4) is 0 Å². The second-order valence-electron chi connectivity index (χ2n) is 2.82. The first-order valence-corrected chi connectivity index (χ1v) is 4.31. The van der Waals surface area contributed by atoms with Crippen molar-refractivity contribution in [1.82, 2.24) is 0 Å². The Hall–Kier alpha value is -2.24. The molecule has 1 aromatic carbocycles. The van der Waals surface area contributed by atoms with Crippen LogP contribution in [0.15, 0.2) is 18.2 Å². The molecule has 0 radical (unpaired) electrons. The molecule has 16 heavy (non-hydrogen) atoms. The average Bonchev–Trinajstić information content (AvgIpc) is 2.25. The summed E-state index contributed by atoms with van der Waals surface area (Å²) in [6.45, 7) is -0.604. The summed E-state index contributed by atoms with van der Waals surface area (Å²) in [7, 11) is 1.32. The molecule has 0 fully saturated rings. The Labute approximate surface area is 91.0 Å². The summed E-state index contributed by atoms with van der Waals surface area (Å²) in [6, 6.07) is 4.34. The van der Waals surface area contributed by atoms with E-state index in [0.717, 1.165) is 0 Å². The number of aliphatic carboxylic acids is 1. The standard InChI is InChI=1S/C10H10O6/c1-15-6-3-2-4-7(9(6)10(13)14)16-5-8(11)12/h2-4H,5H2,1H3,(H,11,12)(H,13,14). The van der Waals surface area contributed by atoms with E-state index in [1.807, 2.05) is 0 Å². The number of carbonyl (C=O) groups is 2. The van der Waals surface area contributed by atoms with Gasteiger partial charge >= 0.3 is 11.9 Å². The van der Waals surface area contributed by atoms with E-state index in [2.05, 4.69) is 0 Å². The van der Waals surface area contributed by atoms with Crippen LogP contribution in [0.2, 0.25) is 0 Å². The van der Waals surface area contributed by atoms with Gasteiger partial charge < -0.3 is 19.7 Å². The zero-order valence-corrected chi connectivity index (χ0v) is 8.47. The van der Waals surface area contributed by atoms with E-state index in [4.69, 9.17) is 19.7 Å². The summed E-state index contributed by atoms with van der Waals surface area (Å²) in [5, 5.41) is 17.4. The maximum absolute atomic E-state index is 10.9. The second kappa shape index (κ2) is 5.01. The monoisotopic (exact) mass is 226 g/mol. The van der Waals surface area contributed by atoms with Gasteiger partial charge in [0.15, 0.2) is 6.61 Å². The van der Waals surface area contributed by atoms with Crippen molar-refractivity contribution in [1.29, 1.82) is 0 Å². The number of carboxylic acids is 2. The first kappa shape index (κ1) is 11.8. The molecule has 1 aromatic rings. The third-order valence-electron chi connectivity index (χ3n) is 1.77.